The van der Waals surface area contributed by atoms with Crippen molar-refractivity contribution in [3.63, 3.8) is 0 Å². The zero-order chi connectivity index (χ0) is 20.2. The molecule has 0 spiro atoms. The van der Waals surface area contributed by atoms with E-state index in [4.69, 9.17) is 16.3 Å². The van der Waals surface area contributed by atoms with E-state index in [0.29, 0.717) is 28.6 Å². The Morgan fingerprint density at radius 3 is 2.41 bits per heavy atom. The van der Waals surface area contributed by atoms with Crippen LogP contribution in [0.1, 0.15) is 18.1 Å². The van der Waals surface area contributed by atoms with Crippen LogP contribution >= 0.6 is 11.6 Å². The lowest BCUT2D eigenvalue weighted by atomic mass is 10.1. The number of amides is 1. The summed E-state index contributed by atoms with van der Waals surface area (Å²) in [6.07, 6.45) is -4.36. The molecule has 0 fully saturated rings. The highest BCUT2D eigenvalue weighted by atomic mass is 35.5. The molecule has 27 heavy (non-hydrogen) atoms. The van der Waals surface area contributed by atoms with Crippen LogP contribution in [0.5, 0.6) is 5.75 Å². The number of nitrogens with one attached hydrogen (secondary N) is 2. The number of carbonyl (C=O) groups excluding carboxylic acids is 1. The number of hydrogen-bond donors (Lipinski definition) is 2. The van der Waals surface area contributed by atoms with Gasteiger partial charge in [-0.25, -0.2) is 0 Å². The van der Waals surface area contributed by atoms with Gasteiger partial charge in [-0.1, -0.05) is 23.7 Å². The van der Waals surface area contributed by atoms with Crippen LogP contribution < -0.4 is 15.0 Å². The molecule has 1 unspecified atom stereocenters. The Morgan fingerprint density at radius 2 is 1.85 bits per heavy atom. The van der Waals surface area contributed by atoms with Gasteiger partial charge in [0.2, 0.25) is 0 Å². The van der Waals surface area contributed by atoms with Crippen LogP contribution in [0, 0.1) is 0 Å². The SMILES string of the molecule is COc1ccc(Cl)cc1NC(=O)[C@@H](C)[NH+](C)Cc1ccc(C(F)(F)F)cc1. The van der Waals surface area contributed by atoms with E-state index in [0.717, 1.165) is 17.0 Å². The minimum atomic E-state index is -4.36. The molecule has 0 aliphatic carbocycles. The van der Waals surface area contributed by atoms with Gasteiger partial charge in [0, 0.05) is 10.6 Å². The van der Waals surface area contributed by atoms with E-state index in [1.54, 1.807) is 32.2 Å². The third kappa shape index (κ3) is 5.61. The van der Waals surface area contributed by atoms with Gasteiger partial charge in [-0.15, -0.1) is 0 Å². The number of anilines is 1. The first-order chi connectivity index (χ1) is 12.6. The molecule has 0 aliphatic heterocycles. The van der Waals surface area contributed by atoms with Crippen molar-refractivity contribution in [3.05, 3.63) is 58.6 Å². The summed E-state index contributed by atoms with van der Waals surface area (Å²) in [5.41, 5.74) is 0.479. The summed E-state index contributed by atoms with van der Waals surface area (Å²) in [4.78, 5) is 13.4. The van der Waals surface area contributed by atoms with Gasteiger partial charge in [-0.3, -0.25) is 4.79 Å². The number of carbonyl (C=O) groups is 1. The van der Waals surface area contributed by atoms with Crippen molar-refractivity contribution in [1.82, 2.24) is 0 Å². The molecule has 4 nitrogen and oxygen atoms in total. The molecule has 0 aliphatic rings. The lowest BCUT2D eigenvalue weighted by molar-refractivity contribution is -0.907. The van der Waals surface area contributed by atoms with Crippen LogP contribution in [-0.4, -0.2) is 26.1 Å². The zero-order valence-electron chi connectivity index (χ0n) is 15.2. The number of hydrogen-bond acceptors (Lipinski definition) is 2. The Morgan fingerprint density at radius 1 is 1.22 bits per heavy atom. The van der Waals surface area contributed by atoms with Gasteiger partial charge in [0.15, 0.2) is 6.04 Å². The van der Waals surface area contributed by atoms with Crippen LogP contribution in [0.15, 0.2) is 42.5 Å². The number of benzene rings is 2. The van der Waals surface area contributed by atoms with Gasteiger partial charge in [0.05, 0.1) is 25.4 Å². The molecule has 8 heteroatoms. The van der Waals surface area contributed by atoms with Gasteiger partial charge in [-0.05, 0) is 37.3 Å². The fourth-order valence-electron chi connectivity index (χ4n) is 2.53. The lowest BCUT2D eigenvalue weighted by Gasteiger charge is -2.22. The standard InChI is InChI=1S/C19H20ClF3N2O2/c1-12(18(26)24-16-10-15(20)8-9-17(16)27-3)25(2)11-13-4-6-14(7-5-13)19(21,22)23/h4-10,12H,11H2,1-3H3,(H,24,26)/p+1/t12-/m1/s1. The molecule has 2 atom stereocenters. The van der Waals surface area contributed by atoms with Crippen molar-refractivity contribution in [1.29, 1.82) is 0 Å². The average molecular weight is 402 g/mol. The first-order valence-corrected chi connectivity index (χ1v) is 8.62. The van der Waals surface area contributed by atoms with E-state index in [2.05, 4.69) is 5.32 Å². The van der Waals surface area contributed by atoms with Gasteiger partial charge in [0.25, 0.3) is 5.91 Å². The summed E-state index contributed by atoms with van der Waals surface area (Å²) in [7, 11) is 3.29. The number of ether oxygens (including phenoxy) is 1. The van der Waals surface area contributed by atoms with Crippen molar-refractivity contribution < 1.29 is 27.6 Å². The summed E-state index contributed by atoms with van der Waals surface area (Å²) in [6.45, 7) is 2.14. The fourth-order valence-corrected chi connectivity index (χ4v) is 2.70. The maximum atomic E-state index is 12.6. The van der Waals surface area contributed by atoms with Gasteiger partial charge < -0.3 is 15.0 Å². The van der Waals surface area contributed by atoms with Crippen molar-refractivity contribution >= 4 is 23.2 Å². The minimum Gasteiger partial charge on any atom is -0.495 e. The molecule has 0 aromatic heterocycles. The quantitative estimate of drug-likeness (QED) is 0.779. The molecule has 0 saturated heterocycles. The number of methoxy groups -OCH3 is 1. The Bertz CT molecular complexity index is 795. The topological polar surface area (TPSA) is 42.8 Å². The fraction of sp³-hybridized carbons (Fsp3) is 0.316. The molecule has 2 rings (SSSR count). The van der Waals surface area contributed by atoms with Gasteiger partial charge >= 0.3 is 6.18 Å². The Hall–Kier alpha value is -2.25. The van der Waals surface area contributed by atoms with Crippen LogP contribution in [0.2, 0.25) is 5.02 Å². The summed E-state index contributed by atoms with van der Waals surface area (Å²) < 4.78 is 43.1. The van der Waals surface area contributed by atoms with Gasteiger partial charge in [0.1, 0.15) is 12.3 Å². The summed E-state index contributed by atoms with van der Waals surface area (Å²) >= 11 is 5.96. The smallest absolute Gasteiger partial charge is 0.416 e. The monoisotopic (exact) mass is 401 g/mol. The normalized spacial score (nSPS) is 13.7. The number of quaternary nitrogens is 1. The second-order valence-electron chi connectivity index (χ2n) is 6.27. The molecule has 2 aromatic carbocycles. The number of likely N-dealkylation sites (N-methyl/N-ethyl adjacent to an activating group) is 1. The van der Waals surface area contributed by atoms with Crippen molar-refractivity contribution in [2.75, 3.05) is 19.5 Å². The van der Waals surface area contributed by atoms with Crippen LogP contribution in [0.4, 0.5) is 18.9 Å². The van der Waals surface area contributed by atoms with Crippen molar-refractivity contribution in [2.45, 2.75) is 25.7 Å². The summed E-state index contributed by atoms with van der Waals surface area (Å²) in [5.74, 6) is 0.236. The molecular formula is C19H21ClF3N2O2+. The third-order valence-corrected chi connectivity index (χ3v) is 4.55. The lowest BCUT2D eigenvalue weighted by Crippen LogP contribution is -3.12. The highest BCUT2D eigenvalue weighted by molar-refractivity contribution is 6.31. The third-order valence-electron chi connectivity index (χ3n) is 4.32. The predicted octanol–water partition coefficient (Wildman–Crippen LogP) is 3.41. The Kier molecular flexibility index (Phi) is 6.73. The van der Waals surface area contributed by atoms with E-state index in [1.807, 2.05) is 0 Å². The van der Waals surface area contributed by atoms with E-state index in [9.17, 15) is 18.0 Å². The largest absolute Gasteiger partial charge is 0.495 e. The maximum absolute atomic E-state index is 12.6. The Labute approximate surface area is 160 Å². The average Bonchev–Trinajstić information content (AvgIpc) is 2.61. The second kappa shape index (κ2) is 8.63. The molecule has 2 aromatic rings. The Balaban J connectivity index is 2.03. The minimum absolute atomic E-state index is 0.250. The molecule has 0 heterocycles. The number of alkyl halides is 3. The van der Waals surface area contributed by atoms with Crippen molar-refractivity contribution in [3.8, 4) is 5.75 Å². The number of rotatable bonds is 6. The van der Waals surface area contributed by atoms with Crippen LogP contribution in [-0.2, 0) is 17.5 Å². The van der Waals surface area contributed by atoms with Gasteiger partial charge in [-0.2, -0.15) is 13.2 Å². The van der Waals surface area contributed by atoms with E-state index in [1.165, 1.54) is 19.2 Å². The molecule has 1 amide bonds. The van der Waals surface area contributed by atoms with E-state index >= 15 is 0 Å². The second-order valence-corrected chi connectivity index (χ2v) is 6.71. The highest BCUT2D eigenvalue weighted by Gasteiger charge is 2.30. The molecule has 0 bridgehead atoms. The molecule has 146 valence electrons. The first-order valence-electron chi connectivity index (χ1n) is 8.24. The van der Waals surface area contributed by atoms with Crippen LogP contribution in [0.3, 0.4) is 0 Å². The van der Waals surface area contributed by atoms with E-state index < -0.39 is 17.8 Å². The maximum Gasteiger partial charge on any atom is 0.416 e. The highest BCUT2D eigenvalue weighted by Crippen LogP contribution is 2.29. The molecule has 0 saturated carbocycles. The number of halogens is 4. The molecule has 0 radical (unpaired) electrons. The first kappa shape index (κ1) is 21.1. The summed E-state index contributed by atoms with van der Waals surface area (Å²) in [5, 5.41) is 3.24. The molecule has 2 N–H and O–H groups in total. The van der Waals surface area contributed by atoms with Crippen molar-refractivity contribution in [2.24, 2.45) is 0 Å². The summed E-state index contributed by atoms with van der Waals surface area (Å²) in [6, 6.07) is 9.40. The predicted molar refractivity (Wildman–Crippen MR) is 98.1 cm³/mol. The van der Waals surface area contributed by atoms with E-state index in [-0.39, 0.29) is 5.91 Å². The molecular weight excluding hydrogens is 381 g/mol. The zero-order valence-corrected chi connectivity index (χ0v) is 15.9. The van der Waals surface area contributed by atoms with Crippen LogP contribution in [0.25, 0.3) is 0 Å².